The minimum Gasteiger partial charge on any atom is -0.389 e. The van der Waals surface area contributed by atoms with Crippen molar-refractivity contribution < 1.29 is 10.0 Å². The molecule has 0 aromatic heterocycles. The van der Waals surface area contributed by atoms with Crippen LogP contribution in [0.4, 0.5) is 11.4 Å². The van der Waals surface area contributed by atoms with Crippen molar-refractivity contribution in [3.05, 3.63) is 33.9 Å². The first-order valence-electron chi connectivity index (χ1n) is 5.36. The average molecular weight is 249 g/mol. The Morgan fingerprint density at radius 1 is 1.56 bits per heavy atom. The standard InChI is InChI=1S/C12H15N3O3/c1-12(2,16)8-14(3)10-4-5-11(15(17)18)9(6-10)7-13/h4-6,16H,8H2,1-3H3. The summed E-state index contributed by atoms with van der Waals surface area (Å²) in [5.41, 5.74) is -0.430. The second kappa shape index (κ2) is 5.02. The quantitative estimate of drug-likeness (QED) is 0.647. The van der Waals surface area contributed by atoms with E-state index >= 15 is 0 Å². The molecular formula is C12H15N3O3. The number of nitriles is 1. The van der Waals surface area contributed by atoms with Gasteiger partial charge in [0.25, 0.3) is 5.69 Å². The summed E-state index contributed by atoms with van der Waals surface area (Å²) >= 11 is 0. The third kappa shape index (κ3) is 3.43. The van der Waals surface area contributed by atoms with Gasteiger partial charge in [-0.05, 0) is 26.0 Å². The summed E-state index contributed by atoms with van der Waals surface area (Å²) in [5.74, 6) is 0. The van der Waals surface area contributed by atoms with Crippen molar-refractivity contribution in [1.29, 1.82) is 5.26 Å². The van der Waals surface area contributed by atoms with E-state index in [1.165, 1.54) is 12.1 Å². The first kappa shape index (κ1) is 13.9. The molecule has 0 fully saturated rings. The average Bonchev–Trinajstić information content (AvgIpc) is 2.25. The molecule has 0 unspecified atom stereocenters. The van der Waals surface area contributed by atoms with E-state index in [0.717, 1.165) is 0 Å². The number of nitro groups is 1. The van der Waals surface area contributed by atoms with Crippen LogP contribution in [-0.2, 0) is 0 Å². The molecule has 0 bridgehead atoms. The molecule has 18 heavy (non-hydrogen) atoms. The minimum absolute atomic E-state index is 0.0140. The zero-order valence-electron chi connectivity index (χ0n) is 10.5. The summed E-state index contributed by atoms with van der Waals surface area (Å²) in [5, 5.41) is 29.3. The summed E-state index contributed by atoms with van der Waals surface area (Å²) in [6.45, 7) is 3.69. The van der Waals surface area contributed by atoms with Crippen LogP contribution < -0.4 is 4.90 Å². The van der Waals surface area contributed by atoms with Crippen molar-refractivity contribution in [2.75, 3.05) is 18.5 Å². The molecule has 96 valence electrons. The minimum atomic E-state index is -0.886. The molecule has 1 N–H and O–H groups in total. The monoisotopic (exact) mass is 249 g/mol. The normalized spacial score (nSPS) is 10.8. The summed E-state index contributed by atoms with van der Waals surface area (Å²) < 4.78 is 0. The van der Waals surface area contributed by atoms with Crippen LogP contribution in [-0.4, -0.2) is 29.2 Å². The lowest BCUT2D eigenvalue weighted by atomic mass is 10.1. The van der Waals surface area contributed by atoms with E-state index in [1.807, 2.05) is 0 Å². The lowest BCUT2D eigenvalue weighted by Crippen LogP contribution is -2.36. The Hall–Kier alpha value is -2.13. The number of hydrogen-bond acceptors (Lipinski definition) is 5. The molecule has 1 aromatic carbocycles. The molecular weight excluding hydrogens is 234 g/mol. The molecule has 6 heteroatoms. The second-order valence-electron chi connectivity index (χ2n) is 4.74. The van der Waals surface area contributed by atoms with Gasteiger partial charge in [0, 0.05) is 25.3 Å². The van der Waals surface area contributed by atoms with Crippen molar-refractivity contribution in [1.82, 2.24) is 0 Å². The van der Waals surface area contributed by atoms with E-state index in [2.05, 4.69) is 0 Å². The molecule has 0 amide bonds. The number of hydrogen-bond donors (Lipinski definition) is 1. The summed E-state index contributed by atoms with van der Waals surface area (Å²) in [6.07, 6.45) is 0. The Bertz CT molecular complexity index is 500. The van der Waals surface area contributed by atoms with Crippen LogP contribution in [0.25, 0.3) is 0 Å². The Labute approximate surface area is 105 Å². The Kier molecular flexibility index (Phi) is 3.89. The highest BCUT2D eigenvalue weighted by Crippen LogP contribution is 2.24. The van der Waals surface area contributed by atoms with E-state index < -0.39 is 10.5 Å². The highest BCUT2D eigenvalue weighted by molar-refractivity contribution is 5.59. The third-order valence-corrected chi connectivity index (χ3v) is 2.36. The van der Waals surface area contributed by atoms with Crippen LogP contribution in [0.3, 0.4) is 0 Å². The zero-order valence-corrected chi connectivity index (χ0v) is 10.5. The SMILES string of the molecule is CN(CC(C)(C)O)c1ccc([N+](=O)[O-])c(C#N)c1. The zero-order chi connectivity index (χ0) is 13.9. The van der Waals surface area contributed by atoms with Crippen molar-refractivity contribution in [2.45, 2.75) is 19.4 Å². The van der Waals surface area contributed by atoms with Gasteiger partial charge in [0.1, 0.15) is 11.6 Å². The van der Waals surface area contributed by atoms with Crippen LogP contribution >= 0.6 is 0 Å². The van der Waals surface area contributed by atoms with E-state index in [1.54, 1.807) is 37.9 Å². The Morgan fingerprint density at radius 2 is 2.17 bits per heavy atom. The van der Waals surface area contributed by atoms with E-state index in [0.29, 0.717) is 12.2 Å². The Morgan fingerprint density at radius 3 is 2.61 bits per heavy atom. The van der Waals surface area contributed by atoms with Crippen LogP contribution in [0.2, 0.25) is 0 Å². The predicted molar refractivity (Wildman–Crippen MR) is 67.4 cm³/mol. The topological polar surface area (TPSA) is 90.4 Å². The van der Waals surface area contributed by atoms with Crippen LogP contribution in [0.5, 0.6) is 0 Å². The van der Waals surface area contributed by atoms with E-state index in [4.69, 9.17) is 5.26 Å². The number of nitrogens with zero attached hydrogens (tertiary/aromatic N) is 3. The van der Waals surface area contributed by atoms with Gasteiger partial charge in [0.05, 0.1) is 10.5 Å². The lowest BCUT2D eigenvalue weighted by Gasteiger charge is -2.27. The van der Waals surface area contributed by atoms with Crippen molar-refractivity contribution in [3.8, 4) is 6.07 Å². The fraction of sp³-hybridized carbons (Fsp3) is 0.417. The van der Waals surface area contributed by atoms with Gasteiger partial charge in [-0.15, -0.1) is 0 Å². The largest absolute Gasteiger partial charge is 0.389 e. The number of nitro benzene ring substituents is 1. The van der Waals surface area contributed by atoms with Crippen LogP contribution in [0.1, 0.15) is 19.4 Å². The van der Waals surface area contributed by atoms with Crippen LogP contribution in [0.15, 0.2) is 18.2 Å². The van der Waals surface area contributed by atoms with Crippen molar-refractivity contribution in [2.24, 2.45) is 0 Å². The summed E-state index contributed by atoms with van der Waals surface area (Å²) in [7, 11) is 1.75. The molecule has 6 nitrogen and oxygen atoms in total. The molecule has 1 rings (SSSR count). The number of likely N-dealkylation sites (N-methyl/N-ethyl adjacent to an activating group) is 1. The molecule has 0 aliphatic rings. The first-order valence-corrected chi connectivity index (χ1v) is 5.36. The maximum Gasteiger partial charge on any atom is 0.287 e. The number of rotatable bonds is 4. The molecule has 0 saturated heterocycles. The van der Waals surface area contributed by atoms with Gasteiger partial charge in [-0.1, -0.05) is 0 Å². The second-order valence-corrected chi connectivity index (χ2v) is 4.74. The first-order chi connectivity index (χ1) is 8.24. The lowest BCUT2D eigenvalue weighted by molar-refractivity contribution is -0.385. The molecule has 0 heterocycles. The maximum absolute atomic E-state index is 10.7. The van der Waals surface area contributed by atoms with Gasteiger partial charge in [0.15, 0.2) is 0 Å². The van der Waals surface area contributed by atoms with Gasteiger partial charge in [0.2, 0.25) is 0 Å². The summed E-state index contributed by atoms with van der Waals surface area (Å²) in [4.78, 5) is 11.8. The van der Waals surface area contributed by atoms with Gasteiger partial charge in [-0.2, -0.15) is 5.26 Å². The number of anilines is 1. The van der Waals surface area contributed by atoms with E-state index in [-0.39, 0.29) is 11.3 Å². The Balaban J connectivity index is 3.07. The van der Waals surface area contributed by atoms with Crippen molar-refractivity contribution >= 4 is 11.4 Å². The van der Waals surface area contributed by atoms with Crippen LogP contribution in [0, 0.1) is 21.4 Å². The molecule has 0 radical (unpaired) electrons. The predicted octanol–water partition coefficient (Wildman–Crippen LogP) is 1.67. The maximum atomic E-state index is 10.7. The molecule has 0 aliphatic carbocycles. The molecule has 0 spiro atoms. The molecule has 1 aromatic rings. The molecule has 0 saturated carbocycles. The highest BCUT2D eigenvalue weighted by atomic mass is 16.6. The number of benzene rings is 1. The molecule has 0 atom stereocenters. The fourth-order valence-electron chi connectivity index (χ4n) is 1.68. The van der Waals surface area contributed by atoms with Crippen molar-refractivity contribution in [3.63, 3.8) is 0 Å². The number of aliphatic hydroxyl groups is 1. The fourth-order valence-corrected chi connectivity index (χ4v) is 1.68. The van der Waals surface area contributed by atoms with Gasteiger partial charge in [-0.3, -0.25) is 10.1 Å². The van der Waals surface area contributed by atoms with E-state index in [9.17, 15) is 15.2 Å². The van der Waals surface area contributed by atoms with Gasteiger partial charge in [-0.25, -0.2) is 0 Å². The third-order valence-electron chi connectivity index (χ3n) is 2.36. The highest BCUT2D eigenvalue weighted by Gasteiger charge is 2.19. The summed E-state index contributed by atoms with van der Waals surface area (Å²) in [6, 6.07) is 6.11. The van der Waals surface area contributed by atoms with Gasteiger partial charge < -0.3 is 10.0 Å². The van der Waals surface area contributed by atoms with Gasteiger partial charge >= 0.3 is 0 Å². The smallest absolute Gasteiger partial charge is 0.287 e. The molecule has 0 aliphatic heterocycles.